The van der Waals surface area contributed by atoms with Gasteiger partial charge in [0.15, 0.2) is 0 Å². The molecule has 5 rings (SSSR count). The summed E-state index contributed by atoms with van der Waals surface area (Å²) < 4.78 is 0. The molecular weight excluding hydrogens is 496 g/mol. The van der Waals surface area contributed by atoms with Crippen molar-refractivity contribution in [3.8, 4) is 0 Å². The maximum Gasteiger partial charge on any atom is 0.270 e. The molecule has 2 heterocycles. The Morgan fingerprint density at radius 1 is 1.05 bits per heavy atom. The molecule has 0 atom stereocenters. The maximum atomic E-state index is 13.2. The van der Waals surface area contributed by atoms with Gasteiger partial charge in [0.05, 0.1) is 28.2 Å². The second-order valence-electron chi connectivity index (χ2n) is 8.87. The number of nitrogens with one attached hydrogen (secondary N) is 4. The van der Waals surface area contributed by atoms with Crippen LogP contribution in [0.2, 0.25) is 0 Å². The second-order valence-corrected chi connectivity index (χ2v) is 8.87. The Morgan fingerprint density at radius 3 is 2.49 bits per heavy atom. The molecule has 0 fully saturated rings. The molecule has 10 nitrogen and oxygen atoms in total. The molecule has 0 spiro atoms. The van der Waals surface area contributed by atoms with Crippen LogP contribution in [-0.2, 0) is 16.1 Å². The molecule has 3 aromatic carbocycles. The average Bonchev–Trinajstić information content (AvgIpc) is 3.57. The van der Waals surface area contributed by atoms with E-state index in [0.717, 1.165) is 22.5 Å². The highest BCUT2D eigenvalue weighted by Gasteiger charge is 2.30. The van der Waals surface area contributed by atoms with Crippen LogP contribution >= 0.6 is 0 Å². The Balaban J connectivity index is 1.53. The van der Waals surface area contributed by atoms with E-state index in [4.69, 9.17) is 0 Å². The highest BCUT2D eigenvalue weighted by Crippen LogP contribution is 2.39. The van der Waals surface area contributed by atoms with Crippen molar-refractivity contribution < 1.29 is 14.5 Å². The van der Waals surface area contributed by atoms with Crippen molar-refractivity contribution >= 4 is 52.3 Å². The number of amides is 2. The zero-order valence-electron chi connectivity index (χ0n) is 20.9. The van der Waals surface area contributed by atoms with E-state index in [1.54, 1.807) is 12.5 Å². The Kier molecular flexibility index (Phi) is 7.00. The largest absolute Gasteiger partial charge is 0.354 e. The number of carbonyl (C=O) groups excluding carboxylic acids is 2. The number of imidazole rings is 1. The molecule has 0 radical (unpaired) electrons. The van der Waals surface area contributed by atoms with E-state index in [1.165, 1.54) is 25.1 Å². The van der Waals surface area contributed by atoms with E-state index in [-0.39, 0.29) is 17.5 Å². The van der Waals surface area contributed by atoms with Crippen LogP contribution in [0.4, 0.5) is 17.1 Å². The molecule has 194 valence electrons. The topological polar surface area (TPSA) is 142 Å². The lowest BCUT2D eigenvalue weighted by Crippen LogP contribution is -2.18. The summed E-state index contributed by atoms with van der Waals surface area (Å²) in [4.78, 5) is 42.5. The third-order valence-corrected chi connectivity index (χ3v) is 6.14. The fraction of sp³-hybridized carbons (Fsp3) is 0.0690. The normalized spacial score (nSPS) is 13.6. The summed E-state index contributed by atoms with van der Waals surface area (Å²) >= 11 is 0. The van der Waals surface area contributed by atoms with Crippen LogP contribution in [0.5, 0.6) is 0 Å². The van der Waals surface area contributed by atoms with Gasteiger partial charge in [-0.3, -0.25) is 19.7 Å². The number of H-pyrrole nitrogens is 1. The number of rotatable bonds is 8. The van der Waals surface area contributed by atoms with Crippen LogP contribution in [0.1, 0.15) is 34.9 Å². The van der Waals surface area contributed by atoms with E-state index in [9.17, 15) is 19.7 Å². The van der Waals surface area contributed by atoms with Crippen molar-refractivity contribution in [3.05, 3.63) is 117 Å². The van der Waals surface area contributed by atoms with E-state index in [0.29, 0.717) is 34.6 Å². The van der Waals surface area contributed by atoms with Crippen molar-refractivity contribution in [1.29, 1.82) is 0 Å². The smallest absolute Gasteiger partial charge is 0.270 e. The minimum atomic E-state index is -0.486. The molecule has 4 aromatic rings. The van der Waals surface area contributed by atoms with Gasteiger partial charge in [-0.25, -0.2) is 4.98 Å². The number of nitrogens with zero attached hydrogens (tertiary/aromatic N) is 2. The van der Waals surface area contributed by atoms with Gasteiger partial charge in [0, 0.05) is 48.7 Å². The fourth-order valence-electron chi connectivity index (χ4n) is 4.18. The van der Waals surface area contributed by atoms with Gasteiger partial charge < -0.3 is 20.9 Å². The van der Waals surface area contributed by atoms with Crippen molar-refractivity contribution in [2.75, 3.05) is 10.6 Å². The molecule has 2 amide bonds. The number of nitro groups is 1. The Labute approximate surface area is 223 Å². The van der Waals surface area contributed by atoms with Crippen LogP contribution in [0.15, 0.2) is 79.3 Å². The molecule has 0 saturated heterocycles. The number of anilines is 2. The molecule has 1 aliphatic heterocycles. The Hall–Kier alpha value is -5.51. The van der Waals surface area contributed by atoms with Gasteiger partial charge >= 0.3 is 0 Å². The molecule has 0 aliphatic carbocycles. The summed E-state index contributed by atoms with van der Waals surface area (Å²) in [6, 6.07) is 19.3. The quantitative estimate of drug-likeness (QED) is 0.145. The first-order valence-corrected chi connectivity index (χ1v) is 12.1. The molecule has 1 aromatic heterocycles. The van der Waals surface area contributed by atoms with Gasteiger partial charge in [-0.1, -0.05) is 42.5 Å². The first kappa shape index (κ1) is 25.2. The highest BCUT2D eigenvalue weighted by atomic mass is 16.6. The van der Waals surface area contributed by atoms with E-state index < -0.39 is 4.92 Å². The van der Waals surface area contributed by atoms with Gasteiger partial charge in [-0.2, -0.15) is 0 Å². The van der Waals surface area contributed by atoms with Gasteiger partial charge in [-0.05, 0) is 41.0 Å². The number of hydrogen-bond donors (Lipinski definition) is 4. The minimum Gasteiger partial charge on any atom is -0.354 e. The average molecular weight is 521 g/mol. The third-order valence-electron chi connectivity index (χ3n) is 6.14. The summed E-state index contributed by atoms with van der Waals surface area (Å²) in [5.41, 5.74) is 5.71. The van der Waals surface area contributed by atoms with Crippen LogP contribution in [0.25, 0.3) is 23.4 Å². The third kappa shape index (κ3) is 5.75. The number of aromatic amines is 1. The van der Waals surface area contributed by atoms with E-state index in [2.05, 4.69) is 25.9 Å². The molecule has 0 saturated carbocycles. The number of aromatic nitrogens is 2. The van der Waals surface area contributed by atoms with Crippen molar-refractivity contribution in [1.82, 2.24) is 15.3 Å². The number of non-ortho nitro benzene ring substituents is 1. The highest BCUT2D eigenvalue weighted by molar-refractivity contribution is 6.37. The number of fused-ring (bicyclic) bond motifs is 1. The molecule has 39 heavy (non-hydrogen) atoms. The number of nitro benzene ring substituents is 1. The Morgan fingerprint density at radius 2 is 1.82 bits per heavy atom. The van der Waals surface area contributed by atoms with Crippen molar-refractivity contribution in [3.63, 3.8) is 0 Å². The zero-order valence-corrected chi connectivity index (χ0v) is 20.9. The van der Waals surface area contributed by atoms with Crippen LogP contribution < -0.4 is 16.0 Å². The van der Waals surface area contributed by atoms with Gasteiger partial charge in [-0.15, -0.1) is 0 Å². The predicted octanol–water partition coefficient (Wildman–Crippen LogP) is 5.06. The van der Waals surface area contributed by atoms with Crippen LogP contribution in [0.3, 0.4) is 0 Å². The molecule has 0 unspecified atom stereocenters. The Bertz CT molecular complexity index is 1600. The molecule has 1 aliphatic rings. The lowest BCUT2D eigenvalue weighted by molar-refractivity contribution is -0.384. The maximum absolute atomic E-state index is 13.2. The van der Waals surface area contributed by atoms with Crippen molar-refractivity contribution in [2.24, 2.45) is 0 Å². The number of carbonyl (C=O) groups is 2. The first-order chi connectivity index (χ1) is 18.9. The standard InChI is InChI=1S/C29H24N6O4/c1-18(36)31-15-20-2-7-21(8-3-20)28(27-25-14-24(35(38)39)12-13-26(25)34-29(27)37)33-22-9-4-19(5-10-22)6-11-23-16-30-17-32-23/h2-14,16-17,33H,15H2,1H3,(H,30,32)(H,31,36)(H,34,37)/b11-6+,28-27-. The van der Waals surface area contributed by atoms with Crippen LogP contribution in [0, 0.1) is 10.1 Å². The monoisotopic (exact) mass is 520 g/mol. The van der Waals surface area contributed by atoms with Gasteiger partial charge in [0.25, 0.3) is 11.6 Å². The zero-order chi connectivity index (χ0) is 27.4. The summed E-state index contributed by atoms with van der Waals surface area (Å²) in [7, 11) is 0. The minimum absolute atomic E-state index is 0.110. The molecule has 4 N–H and O–H groups in total. The second kappa shape index (κ2) is 10.9. The predicted molar refractivity (Wildman–Crippen MR) is 150 cm³/mol. The van der Waals surface area contributed by atoms with Crippen molar-refractivity contribution in [2.45, 2.75) is 13.5 Å². The van der Waals surface area contributed by atoms with Gasteiger partial charge in [0.2, 0.25) is 5.91 Å². The lowest BCUT2D eigenvalue weighted by Gasteiger charge is -2.15. The summed E-state index contributed by atoms with van der Waals surface area (Å²) in [6.07, 6.45) is 7.23. The molecule has 10 heteroatoms. The summed E-state index contributed by atoms with van der Waals surface area (Å²) in [6.45, 7) is 1.83. The van der Waals surface area contributed by atoms with Crippen LogP contribution in [-0.4, -0.2) is 26.7 Å². The SMILES string of the molecule is CC(=O)NCc1ccc(/C(Nc2ccc(/C=C/c3c[nH]cn3)cc2)=C2/C(=O)Nc3ccc([N+](=O)[O-])cc32)cc1. The summed E-state index contributed by atoms with van der Waals surface area (Å²) in [5, 5.41) is 20.4. The molecule has 0 bridgehead atoms. The number of benzene rings is 3. The van der Waals surface area contributed by atoms with Gasteiger partial charge in [0.1, 0.15) is 0 Å². The lowest BCUT2D eigenvalue weighted by atomic mass is 9.98. The number of hydrogen-bond acceptors (Lipinski definition) is 6. The molecular formula is C29H24N6O4. The van der Waals surface area contributed by atoms with E-state index in [1.807, 2.05) is 60.7 Å². The summed E-state index contributed by atoms with van der Waals surface area (Å²) in [5.74, 6) is -0.499. The van der Waals surface area contributed by atoms with E-state index >= 15 is 0 Å². The first-order valence-electron chi connectivity index (χ1n) is 12.1. The fourth-order valence-corrected chi connectivity index (χ4v) is 4.18.